The molecule has 1 heterocycles. The quantitative estimate of drug-likeness (QED) is 0.555. The minimum absolute atomic E-state index is 0.259. The van der Waals surface area contributed by atoms with E-state index in [9.17, 15) is 9.59 Å². The van der Waals surface area contributed by atoms with Gasteiger partial charge in [0.1, 0.15) is 4.88 Å². The zero-order chi connectivity index (χ0) is 19.4. The first-order valence-corrected chi connectivity index (χ1v) is 9.30. The predicted octanol–water partition coefficient (Wildman–Crippen LogP) is 5.31. The summed E-state index contributed by atoms with van der Waals surface area (Å²) in [4.78, 5) is 29.3. The van der Waals surface area contributed by atoms with Crippen LogP contribution in [0.1, 0.15) is 20.9 Å². The number of nitrogens with one attached hydrogen (secondary N) is 3. The van der Waals surface area contributed by atoms with Crippen molar-refractivity contribution in [2.24, 2.45) is 0 Å². The van der Waals surface area contributed by atoms with E-state index in [0.29, 0.717) is 26.4 Å². The van der Waals surface area contributed by atoms with Gasteiger partial charge in [-0.2, -0.15) is 0 Å². The van der Waals surface area contributed by atoms with Gasteiger partial charge in [-0.3, -0.25) is 10.1 Å². The highest BCUT2D eigenvalue weighted by Gasteiger charge is 2.17. The lowest BCUT2D eigenvalue weighted by molar-refractivity contribution is 0.102. The second kappa shape index (κ2) is 8.20. The maximum absolute atomic E-state index is 12.5. The number of carbonyl (C=O) groups is 2. The molecule has 0 aliphatic heterocycles. The molecule has 0 atom stereocenters. The van der Waals surface area contributed by atoms with Crippen LogP contribution < -0.4 is 16.0 Å². The first-order valence-electron chi connectivity index (χ1n) is 8.10. The van der Waals surface area contributed by atoms with Gasteiger partial charge in [0.2, 0.25) is 0 Å². The number of aryl methyl sites for hydroxylation is 2. The van der Waals surface area contributed by atoms with Gasteiger partial charge in [0.05, 0.1) is 5.69 Å². The van der Waals surface area contributed by atoms with E-state index in [-0.39, 0.29) is 5.91 Å². The topological polar surface area (TPSA) is 83.1 Å². The summed E-state index contributed by atoms with van der Waals surface area (Å²) in [6.45, 7) is 3.65. The molecule has 0 bridgehead atoms. The molecule has 0 unspecified atom stereocenters. The molecule has 8 heteroatoms. The number of anilines is 3. The Labute approximate surface area is 165 Å². The number of thiazole rings is 1. The molecule has 2 aromatic carbocycles. The van der Waals surface area contributed by atoms with E-state index in [4.69, 9.17) is 11.6 Å². The van der Waals surface area contributed by atoms with Crippen LogP contribution in [-0.4, -0.2) is 16.9 Å². The van der Waals surface area contributed by atoms with Crippen molar-refractivity contribution >= 4 is 51.4 Å². The number of hydrogen-bond acceptors (Lipinski definition) is 4. The molecule has 27 heavy (non-hydrogen) atoms. The molecule has 0 aliphatic rings. The summed E-state index contributed by atoms with van der Waals surface area (Å²) in [6.07, 6.45) is 0. The van der Waals surface area contributed by atoms with Crippen molar-refractivity contribution in [1.82, 2.24) is 4.98 Å². The number of para-hydroxylation sites is 1. The second-order valence-corrected chi connectivity index (χ2v) is 7.22. The Balaban J connectivity index is 1.66. The number of carbonyl (C=O) groups excluding carboxylic acids is 2. The second-order valence-electron chi connectivity index (χ2n) is 5.79. The summed E-state index contributed by atoms with van der Waals surface area (Å²) in [5, 5.41) is 9.12. The molecule has 0 fully saturated rings. The van der Waals surface area contributed by atoms with Crippen molar-refractivity contribution in [3.63, 3.8) is 0 Å². The van der Waals surface area contributed by atoms with Crippen LogP contribution >= 0.6 is 22.9 Å². The number of halogens is 1. The highest BCUT2D eigenvalue weighted by molar-refractivity contribution is 7.17. The number of amides is 3. The van der Waals surface area contributed by atoms with Crippen LogP contribution in [0.3, 0.4) is 0 Å². The standard InChI is InChI=1S/C19H17ClN4O2S/c1-11-5-3-4-6-15(11)23-17(25)16-12(2)21-19(27-16)24-18(26)22-14-9-7-13(20)8-10-14/h3-10H,1-2H3,(H,23,25)(H2,21,22,24,26). The molecular formula is C19H17ClN4O2S. The number of rotatable bonds is 4. The van der Waals surface area contributed by atoms with Gasteiger partial charge in [-0.15, -0.1) is 0 Å². The number of aromatic nitrogens is 1. The van der Waals surface area contributed by atoms with E-state index < -0.39 is 6.03 Å². The highest BCUT2D eigenvalue weighted by Crippen LogP contribution is 2.25. The Hall–Kier alpha value is -2.90. The molecule has 0 saturated carbocycles. The van der Waals surface area contributed by atoms with E-state index in [1.165, 1.54) is 0 Å². The molecule has 3 N–H and O–H groups in total. The first kappa shape index (κ1) is 18.9. The maximum Gasteiger partial charge on any atom is 0.325 e. The van der Waals surface area contributed by atoms with Gasteiger partial charge in [-0.05, 0) is 49.7 Å². The third-order valence-corrected chi connectivity index (χ3v) is 5.04. The van der Waals surface area contributed by atoms with Gasteiger partial charge in [-0.1, -0.05) is 41.1 Å². The highest BCUT2D eigenvalue weighted by atomic mass is 35.5. The summed E-state index contributed by atoms with van der Waals surface area (Å²) in [5.74, 6) is -0.259. The van der Waals surface area contributed by atoms with Crippen molar-refractivity contribution in [2.75, 3.05) is 16.0 Å². The van der Waals surface area contributed by atoms with Gasteiger partial charge in [0.15, 0.2) is 5.13 Å². The fourth-order valence-corrected chi connectivity index (χ4v) is 3.33. The van der Waals surface area contributed by atoms with Crippen molar-refractivity contribution in [2.45, 2.75) is 13.8 Å². The summed E-state index contributed by atoms with van der Waals surface area (Å²) in [6, 6.07) is 13.8. The van der Waals surface area contributed by atoms with Crippen molar-refractivity contribution < 1.29 is 9.59 Å². The smallest absolute Gasteiger partial charge is 0.321 e. The van der Waals surface area contributed by atoms with Gasteiger partial charge in [0.25, 0.3) is 5.91 Å². The van der Waals surface area contributed by atoms with Gasteiger partial charge >= 0.3 is 6.03 Å². The fourth-order valence-electron chi connectivity index (χ4n) is 2.35. The Bertz CT molecular complexity index is 986. The van der Waals surface area contributed by atoms with Crippen molar-refractivity contribution in [3.05, 3.63) is 69.7 Å². The number of hydrogen-bond donors (Lipinski definition) is 3. The van der Waals surface area contributed by atoms with Crippen LogP contribution in [0.25, 0.3) is 0 Å². The number of nitrogens with zero attached hydrogens (tertiary/aromatic N) is 1. The summed E-state index contributed by atoms with van der Waals surface area (Å²) in [5.41, 5.74) is 2.86. The first-order chi connectivity index (χ1) is 12.9. The number of urea groups is 1. The zero-order valence-corrected chi connectivity index (χ0v) is 16.2. The molecule has 0 aliphatic carbocycles. The summed E-state index contributed by atoms with van der Waals surface area (Å²) < 4.78 is 0. The predicted molar refractivity (Wildman–Crippen MR) is 110 cm³/mol. The van der Waals surface area contributed by atoms with Crippen LogP contribution in [0.5, 0.6) is 0 Å². The van der Waals surface area contributed by atoms with Crippen LogP contribution in [0.4, 0.5) is 21.3 Å². The molecule has 0 radical (unpaired) electrons. The third-order valence-electron chi connectivity index (χ3n) is 3.72. The lowest BCUT2D eigenvalue weighted by Gasteiger charge is -2.06. The monoisotopic (exact) mass is 400 g/mol. The van der Waals surface area contributed by atoms with Crippen molar-refractivity contribution in [3.8, 4) is 0 Å². The Morgan fingerprint density at radius 1 is 0.963 bits per heavy atom. The van der Waals surface area contributed by atoms with E-state index in [1.54, 1.807) is 31.2 Å². The summed E-state index contributed by atoms with van der Waals surface area (Å²) in [7, 11) is 0. The molecule has 1 aromatic heterocycles. The van der Waals surface area contributed by atoms with Crippen LogP contribution in [-0.2, 0) is 0 Å². The normalized spacial score (nSPS) is 10.3. The Morgan fingerprint density at radius 3 is 2.37 bits per heavy atom. The third kappa shape index (κ3) is 4.84. The maximum atomic E-state index is 12.5. The van der Waals surface area contributed by atoms with Crippen LogP contribution in [0.15, 0.2) is 48.5 Å². The van der Waals surface area contributed by atoms with E-state index in [1.807, 2.05) is 31.2 Å². The SMILES string of the molecule is Cc1ccccc1NC(=O)c1sc(NC(=O)Nc2ccc(Cl)cc2)nc1C. The van der Waals surface area contributed by atoms with Crippen molar-refractivity contribution in [1.29, 1.82) is 0 Å². The van der Waals surface area contributed by atoms with Gasteiger partial charge in [-0.25, -0.2) is 9.78 Å². The molecule has 3 rings (SSSR count). The van der Waals surface area contributed by atoms with E-state index in [0.717, 1.165) is 22.6 Å². The Morgan fingerprint density at radius 2 is 1.67 bits per heavy atom. The lowest BCUT2D eigenvalue weighted by atomic mass is 10.2. The summed E-state index contributed by atoms with van der Waals surface area (Å²) >= 11 is 6.94. The molecular weight excluding hydrogens is 384 g/mol. The van der Waals surface area contributed by atoms with Crippen LogP contribution in [0.2, 0.25) is 5.02 Å². The minimum Gasteiger partial charge on any atom is -0.321 e. The fraction of sp³-hybridized carbons (Fsp3) is 0.105. The largest absolute Gasteiger partial charge is 0.325 e. The zero-order valence-electron chi connectivity index (χ0n) is 14.7. The lowest BCUT2D eigenvalue weighted by Crippen LogP contribution is -2.19. The molecule has 3 amide bonds. The Kier molecular flexibility index (Phi) is 5.73. The minimum atomic E-state index is -0.447. The molecule has 0 saturated heterocycles. The van der Waals surface area contributed by atoms with Gasteiger partial charge in [0, 0.05) is 16.4 Å². The van der Waals surface area contributed by atoms with Gasteiger partial charge < -0.3 is 10.6 Å². The molecule has 0 spiro atoms. The molecule has 3 aromatic rings. The average Bonchev–Trinajstić information content (AvgIpc) is 2.99. The van der Waals surface area contributed by atoms with E-state index in [2.05, 4.69) is 20.9 Å². The molecule has 138 valence electrons. The van der Waals surface area contributed by atoms with E-state index >= 15 is 0 Å². The molecule has 6 nitrogen and oxygen atoms in total. The number of benzene rings is 2. The average molecular weight is 401 g/mol. The van der Waals surface area contributed by atoms with Crippen LogP contribution in [0, 0.1) is 13.8 Å².